The van der Waals surface area contributed by atoms with Gasteiger partial charge in [-0.05, 0) is 37.8 Å². The monoisotopic (exact) mass is 454 g/mol. The van der Waals surface area contributed by atoms with Crippen LogP contribution in [0.4, 0.5) is 0 Å². The van der Waals surface area contributed by atoms with Gasteiger partial charge in [0.05, 0.1) is 30.2 Å². The van der Waals surface area contributed by atoms with Crippen LogP contribution in [0.15, 0.2) is 29.8 Å². The highest BCUT2D eigenvalue weighted by Gasteiger charge is 2.26. The van der Waals surface area contributed by atoms with Gasteiger partial charge in [0.15, 0.2) is 5.65 Å². The molecule has 3 aromatic rings. The number of piperazine rings is 1. The summed E-state index contributed by atoms with van der Waals surface area (Å²) in [5.74, 6) is 0.0450. The maximum Gasteiger partial charge on any atom is 0.254 e. The van der Waals surface area contributed by atoms with E-state index in [-0.39, 0.29) is 17.9 Å². The first kappa shape index (κ1) is 22.4. The highest BCUT2D eigenvalue weighted by atomic mass is 32.1. The van der Waals surface area contributed by atoms with Gasteiger partial charge in [0, 0.05) is 42.8 Å². The number of aromatic nitrogens is 3. The number of fused-ring (bicyclic) bond motifs is 1. The molecule has 9 heteroatoms. The second-order valence-corrected chi connectivity index (χ2v) is 9.41. The molecule has 0 radical (unpaired) electrons. The van der Waals surface area contributed by atoms with Crippen LogP contribution in [0.1, 0.15) is 41.2 Å². The topological polar surface area (TPSA) is 83.4 Å². The van der Waals surface area contributed by atoms with Gasteiger partial charge in [0.1, 0.15) is 0 Å². The number of carbonyl (C=O) groups excluding carboxylic acids is 2. The zero-order chi connectivity index (χ0) is 22.7. The first-order valence-corrected chi connectivity index (χ1v) is 12.0. The molecule has 0 bridgehead atoms. The van der Waals surface area contributed by atoms with E-state index in [2.05, 4.69) is 33.3 Å². The van der Waals surface area contributed by atoms with Crippen LogP contribution in [0.25, 0.3) is 11.0 Å². The maximum atomic E-state index is 13.4. The molecule has 1 unspecified atom stereocenters. The number of hydrogen-bond acceptors (Lipinski definition) is 6. The van der Waals surface area contributed by atoms with Gasteiger partial charge in [0.25, 0.3) is 5.91 Å². The smallest absolute Gasteiger partial charge is 0.254 e. The van der Waals surface area contributed by atoms with Crippen LogP contribution in [-0.2, 0) is 11.3 Å². The van der Waals surface area contributed by atoms with Crippen molar-refractivity contribution in [3.63, 3.8) is 0 Å². The van der Waals surface area contributed by atoms with E-state index in [1.165, 1.54) is 4.88 Å². The van der Waals surface area contributed by atoms with Crippen molar-refractivity contribution in [1.82, 2.24) is 29.9 Å². The van der Waals surface area contributed by atoms with Crippen LogP contribution in [-0.4, -0.2) is 75.1 Å². The molecule has 3 aromatic heterocycles. The Labute approximate surface area is 192 Å². The number of amides is 2. The molecule has 4 heterocycles. The summed E-state index contributed by atoms with van der Waals surface area (Å²) in [7, 11) is 0. The Hall–Kier alpha value is -2.78. The minimum absolute atomic E-state index is 0.000111. The predicted octanol–water partition coefficient (Wildman–Crippen LogP) is 2.52. The predicted molar refractivity (Wildman–Crippen MR) is 126 cm³/mol. The van der Waals surface area contributed by atoms with Crippen molar-refractivity contribution in [1.29, 1.82) is 0 Å². The summed E-state index contributed by atoms with van der Waals surface area (Å²) < 4.78 is 1.86. The van der Waals surface area contributed by atoms with Crippen LogP contribution in [0.3, 0.4) is 0 Å². The summed E-state index contributed by atoms with van der Waals surface area (Å²) in [6.07, 6.45) is 2.66. The summed E-state index contributed by atoms with van der Waals surface area (Å²) in [6, 6.07) is 6.13. The fraction of sp³-hybridized carbons (Fsp3) is 0.478. The second kappa shape index (κ2) is 9.79. The molecule has 1 fully saturated rings. The van der Waals surface area contributed by atoms with Gasteiger partial charge in [-0.1, -0.05) is 13.0 Å². The average Bonchev–Trinajstić information content (AvgIpc) is 3.43. The fourth-order valence-electron chi connectivity index (χ4n) is 3.92. The average molecular weight is 455 g/mol. The molecule has 4 rings (SSSR count). The van der Waals surface area contributed by atoms with E-state index >= 15 is 0 Å². The normalized spacial score (nSPS) is 15.8. The van der Waals surface area contributed by atoms with Crippen molar-refractivity contribution >= 4 is 34.2 Å². The molecular weight excluding hydrogens is 424 g/mol. The number of pyridine rings is 1. The lowest BCUT2D eigenvalue weighted by Gasteiger charge is -2.34. The molecule has 0 saturated carbocycles. The van der Waals surface area contributed by atoms with E-state index < -0.39 is 0 Å². The first-order chi connectivity index (χ1) is 15.4. The zero-order valence-electron chi connectivity index (χ0n) is 18.9. The minimum atomic E-state index is -0.000111. The van der Waals surface area contributed by atoms with Crippen LogP contribution < -0.4 is 5.32 Å². The molecule has 170 valence electrons. The third kappa shape index (κ3) is 4.99. The summed E-state index contributed by atoms with van der Waals surface area (Å²) in [6.45, 7) is 9.56. The number of hydrogen-bond donors (Lipinski definition) is 1. The number of rotatable bonds is 7. The Bertz CT molecular complexity index is 1090. The first-order valence-electron chi connectivity index (χ1n) is 11.1. The molecule has 32 heavy (non-hydrogen) atoms. The Morgan fingerprint density at radius 1 is 1.25 bits per heavy atom. The number of thiophene rings is 1. The minimum Gasteiger partial charge on any atom is -0.353 e. The lowest BCUT2D eigenvalue weighted by atomic mass is 10.1. The van der Waals surface area contributed by atoms with E-state index in [0.717, 1.165) is 23.1 Å². The summed E-state index contributed by atoms with van der Waals surface area (Å²) in [4.78, 5) is 35.4. The molecular formula is C23H30N6O2S. The summed E-state index contributed by atoms with van der Waals surface area (Å²) in [5, 5.41) is 10.3. The van der Waals surface area contributed by atoms with Gasteiger partial charge < -0.3 is 10.2 Å². The van der Waals surface area contributed by atoms with Crippen LogP contribution in [0.2, 0.25) is 0 Å². The van der Waals surface area contributed by atoms with Crippen molar-refractivity contribution in [2.45, 2.75) is 39.8 Å². The zero-order valence-corrected chi connectivity index (χ0v) is 19.7. The lowest BCUT2D eigenvalue weighted by Crippen LogP contribution is -2.51. The van der Waals surface area contributed by atoms with Crippen molar-refractivity contribution in [3.8, 4) is 0 Å². The van der Waals surface area contributed by atoms with Gasteiger partial charge >= 0.3 is 0 Å². The van der Waals surface area contributed by atoms with Crippen molar-refractivity contribution in [2.24, 2.45) is 0 Å². The number of carbonyl (C=O) groups is 2. The Balaban J connectivity index is 1.44. The van der Waals surface area contributed by atoms with Crippen molar-refractivity contribution in [2.75, 3.05) is 32.7 Å². The Morgan fingerprint density at radius 2 is 2.03 bits per heavy atom. The van der Waals surface area contributed by atoms with Crippen LogP contribution >= 0.6 is 11.3 Å². The third-order valence-electron chi connectivity index (χ3n) is 5.90. The van der Waals surface area contributed by atoms with Gasteiger partial charge in [0.2, 0.25) is 5.91 Å². The van der Waals surface area contributed by atoms with E-state index in [1.807, 2.05) is 40.9 Å². The highest BCUT2D eigenvalue weighted by Crippen LogP contribution is 2.22. The quantitative estimate of drug-likeness (QED) is 0.593. The molecule has 1 saturated heterocycles. The Morgan fingerprint density at radius 3 is 2.72 bits per heavy atom. The third-order valence-corrected chi connectivity index (χ3v) is 6.76. The summed E-state index contributed by atoms with van der Waals surface area (Å²) >= 11 is 1.68. The van der Waals surface area contributed by atoms with E-state index in [4.69, 9.17) is 0 Å². The molecule has 0 aromatic carbocycles. The lowest BCUT2D eigenvalue weighted by molar-refractivity contribution is -0.123. The van der Waals surface area contributed by atoms with Gasteiger partial charge in [-0.25, -0.2) is 9.67 Å². The number of aryl methyl sites for hydroxylation is 1. The molecule has 0 spiro atoms. The SMILES string of the molecule is CCC(C)NC(=O)CN1CCN(C(=O)c2cc(C)nc3c2cnn3Cc2cccs2)CC1. The van der Waals surface area contributed by atoms with Crippen molar-refractivity contribution < 1.29 is 9.59 Å². The molecule has 0 aliphatic carbocycles. The number of nitrogens with one attached hydrogen (secondary N) is 1. The van der Waals surface area contributed by atoms with E-state index in [1.54, 1.807) is 17.5 Å². The molecule has 1 atom stereocenters. The van der Waals surface area contributed by atoms with Gasteiger partial charge in [-0.2, -0.15) is 5.10 Å². The Kier molecular flexibility index (Phi) is 6.86. The standard InChI is InChI=1S/C23H30N6O2S/c1-4-16(2)25-21(30)15-27-7-9-28(10-8-27)23(31)19-12-17(3)26-22-20(19)13-24-29(22)14-18-6-5-11-32-18/h5-6,11-13,16H,4,7-10,14-15H2,1-3H3,(H,25,30). The van der Waals surface area contributed by atoms with Crippen LogP contribution in [0, 0.1) is 6.92 Å². The van der Waals surface area contributed by atoms with Gasteiger partial charge in [-0.15, -0.1) is 11.3 Å². The van der Waals surface area contributed by atoms with Crippen LogP contribution in [0.5, 0.6) is 0 Å². The largest absolute Gasteiger partial charge is 0.353 e. The molecule has 1 N–H and O–H groups in total. The fourth-order valence-corrected chi connectivity index (χ4v) is 4.61. The molecule has 1 aliphatic rings. The summed E-state index contributed by atoms with van der Waals surface area (Å²) in [5.41, 5.74) is 2.18. The van der Waals surface area contributed by atoms with Crippen molar-refractivity contribution in [3.05, 3.63) is 45.9 Å². The van der Waals surface area contributed by atoms with E-state index in [9.17, 15) is 9.59 Å². The molecule has 8 nitrogen and oxygen atoms in total. The maximum absolute atomic E-state index is 13.4. The van der Waals surface area contributed by atoms with E-state index in [0.29, 0.717) is 44.8 Å². The highest BCUT2D eigenvalue weighted by molar-refractivity contribution is 7.09. The van der Waals surface area contributed by atoms with Gasteiger partial charge in [-0.3, -0.25) is 14.5 Å². The number of nitrogens with zero attached hydrogens (tertiary/aromatic N) is 5. The molecule has 2 amide bonds. The second-order valence-electron chi connectivity index (χ2n) is 8.38. The molecule has 1 aliphatic heterocycles.